The Morgan fingerprint density at radius 3 is 2.94 bits per heavy atom. The van der Waals surface area contributed by atoms with Gasteiger partial charge in [0, 0.05) is 30.8 Å². The highest BCUT2D eigenvalue weighted by Gasteiger charge is 2.06. The molecule has 0 aliphatic rings. The summed E-state index contributed by atoms with van der Waals surface area (Å²) in [5.74, 6) is -0.128. The zero-order valence-electron chi connectivity index (χ0n) is 10.1. The second-order valence-corrected chi connectivity index (χ2v) is 4.47. The lowest BCUT2D eigenvalue weighted by molar-refractivity contribution is 0.0937. The first-order chi connectivity index (χ1) is 8.81. The number of methoxy groups -OCH3 is 1. The monoisotopic (exact) mass is 262 g/mol. The van der Waals surface area contributed by atoms with E-state index in [-0.39, 0.29) is 5.91 Å². The average molecular weight is 262 g/mol. The van der Waals surface area contributed by atoms with Crippen LogP contribution in [-0.4, -0.2) is 31.2 Å². The van der Waals surface area contributed by atoms with Crippen LogP contribution in [-0.2, 0) is 4.74 Å². The quantitative estimate of drug-likeness (QED) is 0.840. The predicted octanol–water partition coefficient (Wildman–Crippen LogP) is 2.19. The molecule has 0 aliphatic heterocycles. The van der Waals surface area contributed by atoms with E-state index in [0.29, 0.717) is 18.7 Å². The molecule has 1 amide bonds. The number of rotatable bonds is 5. The molecule has 0 saturated heterocycles. The highest BCUT2D eigenvalue weighted by atomic mass is 32.1. The van der Waals surface area contributed by atoms with Crippen LogP contribution in [0.3, 0.4) is 0 Å². The number of pyridine rings is 1. The van der Waals surface area contributed by atoms with E-state index in [1.807, 2.05) is 22.9 Å². The Hall–Kier alpha value is -1.72. The first-order valence-electron chi connectivity index (χ1n) is 5.57. The molecule has 0 saturated carbocycles. The smallest absolute Gasteiger partial charge is 0.252 e. The van der Waals surface area contributed by atoms with Gasteiger partial charge in [0.25, 0.3) is 5.91 Å². The minimum atomic E-state index is -0.128. The molecule has 94 valence electrons. The Morgan fingerprint density at radius 2 is 2.33 bits per heavy atom. The van der Waals surface area contributed by atoms with E-state index < -0.39 is 0 Å². The van der Waals surface area contributed by atoms with Crippen molar-refractivity contribution in [2.45, 2.75) is 0 Å². The summed E-state index contributed by atoms with van der Waals surface area (Å²) < 4.78 is 4.87. The third kappa shape index (κ3) is 3.15. The molecule has 18 heavy (non-hydrogen) atoms. The Labute approximate surface area is 110 Å². The summed E-state index contributed by atoms with van der Waals surface area (Å²) in [4.78, 5) is 16.0. The van der Waals surface area contributed by atoms with Crippen LogP contribution in [0.5, 0.6) is 0 Å². The van der Waals surface area contributed by atoms with Gasteiger partial charge in [-0.1, -0.05) is 0 Å². The van der Waals surface area contributed by atoms with E-state index in [4.69, 9.17) is 4.74 Å². The van der Waals surface area contributed by atoms with Crippen molar-refractivity contribution in [2.24, 2.45) is 0 Å². The number of hydrogen-bond acceptors (Lipinski definition) is 4. The van der Waals surface area contributed by atoms with E-state index in [9.17, 15) is 4.79 Å². The number of aromatic nitrogens is 1. The number of carbonyl (C=O) groups is 1. The van der Waals surface area contributed by atoms with Gasteiger partial charge in [-0.25, -0.2) is 0 Å². The summed E-state index contributed by atoms with van der Waals surface area (Å²) in [6, 6.07) is 5.64. The molecule has 0 fully saturated rings. The van der Waals surface area contributed by atoms with Crippen molar-refractivity contribution in [3.63, 3.8) is 0 Å². The number of amides is 1. The molecule has 2 heterocycles. The van der Waals surface area contributed by atoms with Crippen LogP contribution < -0.4 is 5.32 Å². The summed E-state index contributed by atoms with van der Waals surface area (Å²) in [7, 11) is 1.60. The third-order valence-electron chi connectivity index (χ3n) is 2.43. The summed E-state index contributed by atoms with van der Waals surface area (Å²) in [5, 5.41) is 6.78. The molecule has 0 spiro atoms. The van der Waals surface area contributed by atoms with Crippen LogP contribution in [0.4, 0.5) is 0 Å². The molecule has 0 radical (unpaired) electrons. The molecule has 5 heteroatoms. The highest BCUT2D eigenvalue weighted by Crippen LogP contribution is 2.19. The van der Waals surface area contributed by atoms with Gasteiger partial charge in [-0.15, -0.1) is 0 Å². The van der Waals surface area contributed by atoms with Gasteiger partial charge < -0.3 is 10.1 Å². The molecule has 0 unspecified atom stereocenters. The van der Waals surface area contributed by atoms with Crippen LogP contribution in [0.15, 0.2) is 35.2 Å². The fraction of sp³-hybridized carbons (Fsp3) is 0.231. The lowest BCUT2D eigenvalue weighted by atomic mass is 10.2. The van der Waals surface area contributed by atoms with Crippen molar-refractivity contribution in [3.8, 4) is 11.3 Å². The lowest BCUT2D eigenvalue weighted by Gasteiger charge is -2.04. The van der Waals surface area contributed by atoms with Gasteiger partial charge in [-0.05, 0) is 23.6 Å². The number of nitrogens with one attached hydrogen (secondary N) is 1. The maximum atomic E-state index is 11.7. The van der Waals surface area contributed by atoms with Crippen LogP contribution in [0, 0.1) is 0 Å². The minimum absolute atomic E-state index is 0.128. The normalized spacial score (nSPS) is 10.3. The molecule has 0 bridgehead atoms. The van der Waals surface area contributed by atoms with Crippen molar-refractivity contribution in [3.05, 3.63) is 40.7 Å². The van der Waals surface area contributed by atoms with Crippen LogP contribution in [0.25, 0.3) is 11.3 Å². The van der Waals surface area contributed by atoms with Gasteiger partial charge >= 0.3 is 0 Å². The van der Waals surface area contributed by atoms with Crippen molar-refractivity contribution >= 4 is 17.2 Å². The topological polar surface area (TPSA) is 51.2 Å². The Bertz CT molecular complexity index is 494. The van der Waals surface area contributed by atoms with E-state index >= 15 is 0 Å². The summed E-state index contributed by atoms with van der Waals surface area (Å²) >= 11 is 1.63. The standard InChI is InChI=1S/C13H14N2O2S/c1-17-6-5-14-13(16)10-2-3-12(15-8-10)11-4-7-18-9-11/h2-4,7-9H,5-6H2,1H3,(H,14,16). The first kappa shape index (κ1) is 12.7. The summed E-state index contributed by atoms with van der Waals surface area (Å²) in [6.45, 7) is 1.01. The number of carbonyl (C=O) groups excluding carboxylic acids is 1. The molecule has 2 aromatic heterocycles. The van der Waals surface area contributed by atoms with Crippen molar-refractivity contribution in [1.82, 2.24) is 10.3 Å². The Morgan fingerprint density at radius 1 is 1.44 bits per heavy atom. The summed E-state index contributed by atoms with van der Waals surface area (Å²) in [5.41, 5.74) is 2.51. The molecule has 2 aromatic rings. The largest absolute Gasteiger partial charge is 0.383 e. The van der Waals surface area contributed by atoms with E-state index in [1.165, 1.54) is 0 Å². The van der Waals surface area contributed by atoms with E-state index in [0.717, 1.165) is 11.3 Å². The maximum absolute atomic E-state index is 11.7. The molecule has 0 atom stereocenters. The number of nitrogens with zero attached hydrogens (tertiary/aromatic N) is 1. The first-order valence-corrected chi connectivity index (χ1v) is 6.51. The minimum Gasteiger partial charge on any atom is -0.383 e. The number of thiophene rings is 1. The van der Waals surface area contributed by atoms with E-state index in [1.54, 1.807) is 30.7 Å². The fourth-order valence-electron chi connectivity index (χ4n) is 1.48. The van der Waals surface area contributed by atoms with Gasteiger partial charge in [0.15, 0.2) is 0 Å². The second-order valence-electron chi connectivity index (χ2n) is 3.69. The molecule has 2 rings (SSSR count). The van der Waals surface area contributed by atoms with Crippen molar-refractivity contribution < 1.29 is 9.53 Å². The molecule has 0 aromatic carbocycles. The maximum Gasteiger partial charge on any atom is 0.252 e. The van der Waals surface area contributed by atoms with Gasteiger partial charge in [0.1, 0.15) is 0 Å². The van der Waals surface area contributed by atoms with Crippen LogP contribution >= 0.6 is 11.3 Å². The zero-order chi connectivity index (χ0) is 12.8. The number of ether oxygens (including phenoxy) is 1. The third-order valence-corrected chi connectivity index (χ3v) is 3.12. The molecular weight excluding hydrogens is 248 g/mol. The van der Waals surface area contributed by atoms with Crippen LogP contribution in [0.1, 0.15) is 10.4 Å². The van der Waals surface area contributed by atoms with Gasteiger partial charge in [0.2, 0.25) is 0 Å². The van der Waals surface area contributed by atoms with Crippen molar-refractivity contribution in [2.75, 3.05) is 20.3 Å². The van der Waals surface area contributed by atoms with E-state index in [2.05, 4.69) is 10.3 Å². The Balaban J connectivity index is 2.01. The average Bonchev–Trinajstić information content (AvgIpc) is 2.93. The van der Waals surface area contributed by atoms with Gasteiger partial charge in [-0.2, -0.15) is 11.3 Å². The lowest BCUT2D eigenvalue weighted by Crippen LogP contribution is -2.26. The second kappa shape index (κ2) is 6.28. The number of hydrogen-bond donors (Lipinski definition) is 1. The fourth-order valence-corrected chi connectivity index (χ4v) is 2.13. The zero-order valence-corrected chi connectivity index (χ0v) is 10.9. The van der Waals surface area contributed by atoms with Gasteiger partial charge in [0.05, 0.1) is 17.9 Å². The predicted molar refractivity (Wildman–Crippen MR) is 71.8 cm³/mol. The van der Waals surface area contributed by atoms with Crippen molar-refractivity contribution in [1.29, 1.82) is 0 Å². The van der Waals surface area contributed by atoms with Gasteiger partial charge in [-0.3, -0.25) is 9.78 Å². The summed E-state index contributed by atoms with van der Waals surface area (Å²) in [6.07, 6.45) is 1.59. The Kier molecular flexibility index (Phi) is 4.44. The van der Waals surface area contributed by atoms with Crippen LogP contribution in [0.2, 0.25) is 0 Å². The molecular formula is C13H14N2O2S. The molecule has 4 nitrogen and oxygen atoms in total. The SMILES string of the molecule is COCCNC(=O)c1ccc(-c2ccsc2)nc1. The highest BCUT2D eigenvalue weighted by molar-refractivity contribution is 7.08. The molecule has 0 aliphatic carbocycles. The molecule has 1 N–H and O–H groups in total.